The molecule has 1 aromatic heterocycles. The summed E-state index contributed by atoms with van der Waals surface area (Å²) in [6.07, 6.45) is 1.32. The standard InChI is InChI=1S/C23H21ClN4O3S/c1-4-12-32-23-25-21(30)20-15-8-6-7-9-17(15)27(19(29)5-2)22(28(20)26-23)14-10-11-18(31-3)16(24)13-14/h4,6-11,13,22H,1,5,12H2,2-3H3/p+1. The van der Waals surface area contributed by atoms with Crippen molar-refractivity contribution in [2.45, 2.75) is 24.7 Å². The van der Waals surface area contributed by atoms with Crippen LogP contribution in [0.5, 0.6) is 5.75 Å². The highest BCUT2D eigenvalue weighted by molar-refractivity contribution is 7.99. The van der Waals surface area contributed by atoms with E-state index >= 15 is 0 Å². The lowest BCUT2D eigenvalue weighted by Gasteiger charge is -2.32. The molecule has 3 aromatic rings. The van der Waals surface area contributed by atoms with Crippen LogP contribution in [0.3, 0.4) is 0 Å². The second-order valence-electron chi connectivity index (χ2n) is 7.05. The number of aromatic amines is 1. The Hall–Kier alpha value is -3.10. The number of methoxy groups -OCH3 is 1. The maximum Gasteiger partial charge on any atom is 0.325 e. The molecule has 2 heterocycles. The van der Waals surface area contributed by atoms with Crippen LogP contribution in [0.15, 0.2) is 65.1 Å². The summed E-state index contributed by atoms with van der Waals surface area (Å²) >= 11 is 7.78. The molecule has 7 nitrogen and oxygen atoms in total. The van der Waals surface area contributed by atoms with E-state index in [1.54, 1.807) is 41.8 Å². The fourth-order valence-corrected chi connectivity index (χ4v) is 4.61. The highest BCUT2D eigenvalue weighted by atomic mass is 35.5. The third-order valence-corrected chi connectivity index (χ3v) is 6.30. The van der Waals surface area contributed by atoms with Gasteiger partial charge >= 0.3 is 11.3 Å². The molecular weight excluding hydrogens is 448 g/mol. The van der Waals surface area contributed by atoms with E-state index in [0.717, 1.165) is 0 Å². The molecule has 1 aliphatic heterocycles. The summed E-state index contributed by atoms with van der Waals surface area (Å²) in [5.41, 5.74) is 2.08. The predicted molar refractivity (Wildman–Crippen MR) is 125 cm³/mol. The van der Waals surface area contributed by atoms with Gasteiger partial charge in [0.05, 0.1) is 23.4 Å². The molecule has 0 radical (unpaired) electrons. The molecule has 0 fully saturated rings. The minimum absolute atomic E-state index is 0.102. The van der Waals surface area contributed by atoms with E-state index in [4.69, 9.17) is 21.4 Å². The second kappa shape index (κ2) is 9.18. The number of nitrogens with zero attached hydrogens (tertiary/aromatic N) is 3. The summed E-state index contributed by atoms with van der Waals surface area (Å²) in [5, 5.41) is 5.56. The number of H-pyrrole nitrogens is 1. The minimum atomic E-state index is -0.693. The third-order valence-electron chi connectivity index (χ3n) is 5.14. The predicted octanol–water partition coefficient (Wildman–Crippen LogP) is 3.97. The monoisotopic (exact) mass is 469 g/mol. The van der Waals surface area contributed by atoms with Crippen LogP contribution >= 0.6 is 23.4 Å². The van der Waals surface area contributed by atoms with Crippen LogP contribution in [0.2, 0.25) is 5.02 Å². The van der Waals surface area contributed by atoms with E-state index in [2.05, 4.69) is 11.6 Å². The van der Waals surface area contributed by atoms with Crippen molar-refractivity contribution in [1.82, 2.24) is 10.1 Å². The zero-order valence-electron chi connectivity index (χ0n) is 17.7. The van der Waals surface area contributed by atoms with E-state index in [0.29, 0.717) is 44.2 Å². The first-order valence-corrected chi connectivity index (χ1v) is 11.4. The van der Waals surface area contributed by atoms with Gasteiger partial charge in [-0.1, -0.05) is 48.5 Å². The van der Waals surface area contributed by atoms with E-state index in [1.165, 1.54) is 11.8 Å². The number of thioether (sulfide) groups is 1. The Morgan fingerprint density at radius 1 is 1.38 bits per heavy atom. The number of ether oxygens (including phenoxy) is 1. The Morgan fingerprint density at radius 3 is 2.84 bits per heavy atom. The lowest BCUT2D eigenvalue weighted by atomic mass is 10.0. The lowest BCUT2D eigenvalue weighted by Crippen LogP contribution is -2.60. The average molecular weight is 470 g/mol. The first-order chi connectivity index (χ1) is 15.5. The van der Waals surface area contributed by atoms with Crippen LogP contribution < -0.4 is 19.9 Å². The number of carbonyl (C=O) groups is 1. The molecule has 1 atom stereocenters. The van der Waals surface area contributed by atoms with E-state index in [9.17, 15) is 9.59 Å². The fraction of sp³-hybridized carbons (Fsp3) is 0.217. The molecule has 9 heteroatoms. The largest absolute Gasteiger partial charge is 0.495 e. The molecule has 0 saturated carbocycles. The summed E-state index contributed by atoms with van der Waals surface area (Å²) in [7, 11) is 1.54. The number of para-hydroxylation sites is 1. The van der Waals surface area contributed by atoms with Crippen molar-refractivity contribution in [3.05, 3.63) is 76.1 Å². The Morgan fingerprint density at radius 2 is 2.16 bits per heavy atom. The van der Waals surface area contributed by atoms with Crippen LogP contribution in [-0.2, 0) is 4.79 Å². The molecule has 4 rings (SSSR count). The number of nitrogens with one attached hydrogen (secondary N) is 1. The van der Waals surface area contributed by atoms with Crippen LogP contribution in [-0.4, -0.2) is 28.9 Å². The number of fused-ring (bicyclic) bond motifs is 3. The van der Waals surface area contributed by atoms with Crippen molar-refractivity contribution in [2.75, 3.05) is 17.8 Å². The Balaban J connectivity index is 2.03. The van der Waals surface area contributed by atoms with Crippen LogP contribution in [0.4, 0.5) is 5.69 Å². The van der Waals surface area contributed by atoms with Gasteiger partial charge in [-0.3, -0.25) is 14.6 Å². The Labute approximate surface area is 194 Å². The van der Waals surface area contributed by atoms with Gasteiger partial charge in [0, 0.05) is 22.8 Å². The number of amides is 1. The summed E-state index contributed by atoms with van der Waals surface area (Å²) in [4.78, 5) is 30.9. The van der Waals surface area contributed by atoms with Crippen molar-refractivity contribution in [2.24, 2.45) is 0 Å². The van der Waals surface area contributed by atoms with Crippen LogP contribution in [0.1, 0.15) is 25.1 Å². The van der Waals surface area contributed by atoms with Crippen molar-refractivity contribution >= 4 is 35.0 Å². The number of rotatable bonds is 6. The molecule has 0 bridgehead atoms. The zero-order chi connectivity index (χ0) is 22.8. The summed E-state index contributed by atoms with van der Waals surface area (Å²) in [6.45, 7) is 5.53. The Kier molecular flexibility index (Phi) is 6.34. The number of aromatic nitrogens is 3. The van der Waals surface area contributed by atoms with Gasteiger partial charge in [-0.25, -0.2) is 4.90 Å². The minimum Gasteiger partial charge on any atom is -0.495 e. The molecule has 1 unspecified atom stereocenters. The molecule has 1 amide bonds. The highest BCUT2D eigenvalue weighted by Crippen LogP contribution is 2.39. The fourth-order valence-electron chi connectivity index (χ4n) is 3.76. The van der Waals surface area contributed by atoms with Gasteiger partial charge in [-0.2, -0.15) is 0 Å². The number of hydrogen-bond acceptors (Lipinski definition) is 5. The quantitative estimate of drug-likeness (QED) is 0.336. The highest BCUT2D eigenvalue weighted by Gasteiger charge is 2.45. The van der Waals surface area contributed by atoms with Gasteiger partial charge in [0.1, 0.15) is 5.75 Å². The van der Waals surface area contributed by atoms with E-state index in [1.807, 2.05) is 30.3 Å². The second-order valence-corrected chi connectivity index (χ2v) is 8.47. The SMILES string of the molecule is C=CCSc1n[n+]2c(c(=O)[nH]1)-c1ccccc1N(C(=O)CC)C2c1ccc(OC)c(Cl)c1. The number of benzene rings is 2. The summed E-state index contributed by atoms with van der Waals surface area (Å²) < 4.78 is 6.90. The molecule has 32 heavy (non-hydrogen) atoms. The molecule has 2 aromatic carbocycles. The number of carbonyl (C=O) groups excluding carboxylic acids is 1. The summed E-state index contributed by atoms with van der Waals surface area (Å²) in [6, 6.07) is 12.7. The van der Waals surface area contributed by atoms with Gasteiger partial charge < -0.3 is 4.74 Å². The molecule has 0 aliphatic carbocycles. The van der Waals surface area contributed by atoms with Crippen LogP contribution in [0.25, 0.3) is 11.3 Å². The maximum absolute atomic E-state index is 13.2. The van der Waals surface area contributed by atoms with E-state index < -0.39 is 6.17 Å². The first-order valence-electron chi connectivity index (χ1n) is 10.0. The molecule has 1 aliphatic rings. The number of halogens is 1. The van der Waals surface area contributed by atoms with Crippen molar-refractivity contribution < 1.29 is 14.2 Å². The van der Waals surface area contributed by atoms with Crippen molar-refractivity contribution in [3.8, 4) is 17.0 Å². The van der Waals surface area contributed by atoms with Crippen LogP contribution in [0, 0.1) is 0 Å². The van der Waals surface area contributed by atoms with Gasteiger partial charge in [0.25, 0.3) is 6.17 Å². The summed E-state index contributed by atoms with van der Waals surface area (Å²) in [5.74, 6) is 0.997. The third kappa shape index (κ3) is 3.80. The molecular formula is C23H22ClN4O3S+. The number of anilines is 1. The zero-order valence-corrected chi connectivity index (χ0v) is 19.2. The Bertz CT molecular complexity index is 1260. The van der Waals surface area contributed by atoms with Gasteiger partial charge in [0.2, 0.25) is 11.1 Å². The van der Waals surface area contributed by atoms with Crippen molar-refractivity contribution in [1.29, 1.82) is 0 Å². The topological polar surface area (TPSA) is 79.2 Å². The van der Waals surface area contributed by atoms with Crippen molar-refractivity contribution in [3.63, 3.8) is 0 Å². The molecule has 0 saturated heterocycles. The van der Waals surface area contributed by atoms with E-state index in [-0.39, 0.29) is 17.9 Å². The van der Waals surface area contributed by atoms with Gasteiger partial charge in [-0.05, 0) is 35.0 Å². The van der Waals surface area contributed by atoms with Gasteiger partial charge in [0.15, 0.2) is 0 Å². The number of hydrogen-bond donors (Lipinski definition) is 1. The normalized spacial score (nSPS) is 14.5. The average Bonchev–Trinajstić information content (AvgIpc) is 2.81. The molecule has 0 spiro atoms. The lowest BCUT2D eigenvalue weighted by molar-refractivity contribution is -0.763. The molecule has 164 valence electrons. The van der Waals surface area contributed by atoms with Gasteiger partial charge in [-0.15, -0.1) is 6.58 Å². The maximum atomic E-state index is 13.2. The molecule has 1 N–H and O–H groups in total. The smallest absolute Gasteiger partial charge is 0.325 e. The first kappa shape index (κ1) is 22.1.